The summed E-state index contributed by atoms with van der Waals surface area (Å²) in [6.45, 7) is 0. The van der Waals surface area contributed by atoms with Crippen molar-refractivity contribution in [1.29, 1.82) is 0 Å². The van der Waals surface area contributed by atoms with E-state index in [0.717, 1.165) is 5.01 Å². The van der Waals surface area contributed by atoms with Gasteiger partial charge in [-0.3, -0.25) is 29.5 Å². The number of carbonyl (C=O) groups excluding carboxylic acids is 4. The SMILES string of the molecule is COc1ccc([C@@]23C(=O)N(Nc4ccc(Cl)cc4Cl)C(=O)[C@@H]2C[C@@H]2C(=CC[C@@H]4C(=O)N(c5ccc(-c6nc7ccccc7o6)cc5)C(=O)[C@@H]42)[C@@H]3c2c(OC)cc(O)cc2OC)cc1. The maximum absolute atomic E-state index is 15.7. The Morgan fingerprint density at radius 2 is 1.52 bits per heavy atom. The van der Waals surface area contributed by atoms with Crippen LogP contribution in [0.15, 0.2) is 119 Å². The number of phenolic OH excluding ortho intramolecular Hbond substituents is 1. The molecule has 5 aromatic carbocycles. The number of allylic oxidation sites excluding steroid dienone is 2. The molecule has 6 aromatic rings. The molecule has 6 atom stereocenters. The minimum absolute atomic E-state index is 0.0267. The van der Waals surface area contributed by atoms with E-state index in [9.17, 15) is 14.7 Å². The molecular weight excluding hydrogens is 847 g/mol. The molecule has 318 valence electrons. The van der Waals surface area contributed by atoms with Crippen molar-refractivity contribution in [3.63, 3.8) is 0 Å². The predicted octanol–water partition coefficient (Wildman–Crippen LogP) is 8.72. The average molecular weight is 886 g/mol. The lowest BCUT2D eigenvalue weighted by Gasteiger charge is -2.51. The molecule has 2 aliphatic carbocycles. The van der Waals surface area contributed by atoms with Gasteiger partial charge in [-0.05, 0) is 91.1 Å². The number of halogens is 2. The molecule has 2 aliphatic heterocycles. The number of hydrogen-bond donors (Lipinski definition) is 2. The lowest BCUT2D eigenvalue weighted by atomic mass is 9.49. The summed E-state index contributed by atoms with van der Waals surface area (Å²) in [7, 11) is 4.40. The topological polar surface area (TPSA) is 161 Å². The van der Waals surface area contributed by atoms with Gasteiger partial charge in [-0.1, -0.05) is 59.1 Å². The monoisotopic (exact) mass is 884 g/mol. The van der Waals surface area contributed by atoms with Gasteiger partial charge in [0.05, 0.1) is 60.9 Å². The zero-order valence-corrected chi connectivity index (χ0v) is 35.5. The fourth-order valence-electron chi connectivity index (χ4n) is 10.4. The van der Waals surface area contributed by atoms with Crippen molar-refractivity contribution in [2.45, 2.75) is 24.2 Å². The number of carbonyl (C=O) groups is 4. The number of para-hydroxylation sites is 2. The molecule has 3 heterocycles. The van der Waals surface area contributed by atoms with E-state index < -0.39 is 52.7 Å². The molecule has 2 saturated heterocycles. The number of anilines is 2. The fraction of sp³-hybridized carbons (Fsp3) is 0.229. The third-order valence-electron chi connectivity index (χ3n) is 13.1. The van der Waals surface area contributed by atoms with Crippen LogP contribution in [-0.4, -0.2) is 60.1 Å². The Balaban J connectivity index is 1.12. The quantitative estimate of drug-likeness (QED) is 0.106. The standard InChI is InChI=1S/C48H38Cl2N4O9/c1-60-29-15-10-25(11-16-29)48-33(45(57)54(47(48)59)52-35-19-12-26(49)20-34(35)50)23-32-30(42(48)41-38(61-2)21-28(55)22-39(41)62-3)17-18-31-40(32)46(58)53(44(31)56)27-13-8-24(9-14-27)43-51-36-6-4-5-7-37(36)63-43/h4-17,19-22,31-33,40,42,52,55H,18,23H2,1-3H3/t31-,32+,33-,40-,42+,48+/m0/s1. The number of benzene rings is 5. The van der Waals surface area contributed by atoms with Crippen LogP contribution in [0.25, 0.3) is 22.6 Å². The van der Waals surface area contributed by atoms with E-state index in [-0.39, 0.29) is 46.7 Å². The van der Waals surface area contributed by atoms with E-state index in [1.54, 1.807) is 60.7 Å². The van der Waals surface area contributed by atoms with Gasteiger partial charge in [-0.15, -0.1) is 0 Å². The third-order valence-corrected chi connectivity index (χ3v) is 13.6. The lowest BCUT2D eigenvalue weighted by molar-refractivity contribution is -0.138. The van der Waals surface area contributed by atoms with Gasteiger partial charge in [0.25, 0.3) is 11.8 Å². The summed E-state index contributed by atoms with van der Waals surface area (Å²) >= 11 is 12.8. The van der Waals surface area contributed by atoms with E-state index in [0.29, 0.717) is 55.7 Å². The van der Waals surface area contributed by atoms with Gasteiger partial charge in [-0.2, -0.15) is 5.01 Å². The molecule has 15 heteroatoms. The Hall–Kier alpha value is -6.83. The Kier molecular flexibility index (Phi) is 9.72. The van der Waals surface area contributed by atoms with E-state index in [4.69, 9.17) is 41.8 Å². The van der Waals surface area contributed by atoms with Crippen molar-refractivity contribution in [3.05, 3.63) is 136 Å². The molecule has 13 nitrogen and oxygen atoms in total. The summed E-state index contributed by atoms with van der Waals surface area (Å²) in [6, 6.07) is 28.8. The molecule has 0 bridgehead atoms. The molecule has 3 fully saturated rings. The normalized spacial score (nSPS) is 24.0. The van der Waals surface area contributed by atoms with Crippen molar-refractivity contribution >= 4 is 69.3 Å². The molecular formula is C48H38Cl2N4O9. The van der Waals surface area contributed by atoms with Crippen LogP contribution in [0.5, 0.6) is 23.0 Å². The lowest BCUT2D eigenvalue weighted by Crippen LogP contribution is -2.53. The highest BCUT2D eigenvalue weighted by Crippen LogP contribution is 2.66. The van der Waals surface area contributed by atoms with Crippen LogP contribution >= 0.6 is 23.2 Å². The second-order valence-corrected chi connectivity index (χ2v) is 16.9. The van der Waals surface area contributed by atoms with Crippen molar-refractivity contribution < 1.29 is 42.9 Å². The van der Waals surface area contributed by atoms with E-state index in [1.807, 2.05) is 30.3 Å². The van der Waals surface area contributed by atoms with Crippen LogP contribution in [0.4, 0.5) is 11.4 Å². The van der Waals surface area contributed by atoms with Crippen molar-refractivity contribution in [3.8, 4) is 34.5 Å². The number of aromatic hydroxyl groups is 1. The molecule has 4 amide bonds. The number of rotatable bonds is 9. The van der Waals surface area contributed by atoms with Gasteiger partial charge in [0.15, 0.2) is 5.58 Å². The number of nitrogens with one attached hydrogen (secondary N) is 1. The summed E-state index contributed by atoms with van der Waals surface area (Å²) in [5.41, 5.74) is 5.46. The number of aromatic nitrogens is 1. The number of methoxy groups -OCH3 is 3. The summed E-state index contributed by atoms with van der Waals surface area (Å²) in [5, 5.41) is 12.4. The first-order valence-electron chi connectivity index (χ1n) is 20.2. The number of imide groups is 2. The van der Waals surface area contributed by atoms with Crippen LogP contribution in [-0.2, 0) is 24.6 Å². The second-order valence-electron chi connectivity index (χ2n) is 16.0. The zero-order valence-electron chi connectivity index (χ0n) is 34.0. The van der Waals surface area contributed by atoms with Gasteiger partial charge in [0.1, 0.15) is 28.5 Å². The van der Waals surface area contributed by atoms with Gasteiger partial charge in [-0.25, -0.2) is 4.98 Å². The summed E-state index contributed by atoms with van der Waals surface area (Å²) in [6.07, 6.45) is 2.13. The molecule has 0 radical (unpaired) electrons. The number of oxazole rings is 1. The first-order chi connectivity index (χ1) is 30.5. The fourth-order valence-corrected chi connectivity index (χ4v) is 10.8. The van der Waals surface area contributed by atoms with Gasteiger partial charge >= 0.3 is 0 Å². The number of nitrogens with zero attached hydrogens (tertiary/aromatic N) is 3. The van der Waals surface area contributed by atoms with Crippen LogP contribution in [0.3, 0.4) is 0 Å². The number of phenols is 1. The summed E-state index contributed by atoms with van der Waals surface area (Å²) < 4.78 is 23.4. The molecule has 2 N–H and O–H groups in total. The number of ether oxygens (including phenoxy) is 3. The Morgan fingerprint density at radius 1 is 0.810 bits per heavy atom. The number of fused-ring (bicyclic) bond motifs is 5. The van der Waals surface area contributed by atoms with E-state index in [1.165, 1.54) is 44.4 Å². The minimum Gasteiger partial charge on any atom is -0.508 e. The van der Waals surface area contributed by atoms with E-state index >= 15 is 9.59 Å². The minimum atomic E-state index is -1.70. The highest BCUT2D eigenvalue weighted by Gasteiger charge is 2.71. The maximum atomic E-state index is 15.7. The number of amides is 4. The van der Waals surface area contributed by atoms with E-state index in [2.05, 4.69) is 10.4 Å². The highest BCUT2D eigenvalue weighted by atomic mass is 35.5. The molecule has 4 aliphatic rings. The Labute approximate surface area is 370 Å². The highest BCUT2D eigenvalue weighted by molar-refractivity contribution is 6.36. The van der Waals surface area contributed by atoms with Crippen LogP contribution in [0.2, 0.25) is 10.0 Å². The van der Waals surface area contributed by atoms with Crippen molar-refractivity contribution in [2.24, 2.45) is 23.7 Å². The van der Waals surface area contributed by atoms with Gasteiger partial charge in [0, 0.05) is 34.2 Å². The number of hydrogen-bond acceptors (Lipinski definition) is 11. The Bertz CT molecular complexity index is 2860. The van der Waals surface area contributed by atoms with Crippen molar-refractivity contribution in [2.75, 3.05) is 31.7 Å². The largest absolute Gasteiger partial charge is 0.508 e. The molecule has 1 aromatic heterocycles. The zero-order chi connectivity index (χ0) is 43.9. The molecule has 0 unspecified atom stereocenters. The molecule has 63 heavy (non-hydrogen) atoms. The predicted molar refractivity (Wildman–Crippen MR) is 234 cm³/mol. The number of hydrazine groups is 1. The van der Waals surface area contributed by atoms with Gasteiger partial charge < -0.3 is 23.7 Å². The average Bonchev–Trinajstić information content (AvgIpc) is 3.91. The smallest absolute Gasteiger partial charge is 0.260 e. The molecule has 1 saturated carbocycles. The van der Waals surface area contributed by atoms with Gasteiger partial charge in [0.2, 0.25) is 17.7 Å². The second kappa shape index (κ2) is 15.2. The Morgan fingerprint density at radius 3 is 2.19 bits per heavy atom. The van der Waals surface area contributed by atoms with Crippen LogP contribution in [0, 0.1) is 23.7 Å². The maximum Gasteiger partial charge on any atom is 0.260 e. The summed E-state index contributed by atoms with van der Waals surface area (Å²) in [5.74, 6) is -5.32. The molecule has 10 rings (SSSR count). The first kappa shape index (κ1) is 40.3. The molecule has 0 spiro atoms. The summed E-state index contributed by atoms with van der Waals surface area (Å²) in [4.78, 5) is 66.3. The third kappa shape index (κ3) is 6.08. The first-order valence-corrected chi connectivity index (χ1v) is 21.0. The van der Waals surface area contributed by atoms with Crippen molar-refractivity contribution in [1.82, 2.24) is 9.99 Å². The van der Waals surface area contributed by atoms with Crippen LogP contribution < -0.4 is 24.5 Å². The van der Waals surface area contributed by atoms with Crippen LogP contribution in [0.1, 0.15) is 29.9 Å².